The minimum absolute atomic E-state index is 0. The van der Waals surface area contributed by atoms with Gasteiger partial charge in [0.15, 0.2) is 5.78 Å². The smallest absolute Gasteiger partial charge is 0.355 e. The van der Waals surface area contributed by atoms with Crippen LogP contribution in [-0.4, -0.2) is 10.4 Å². The van der Waals surface area contributed by atoms with Crippen LogP contribution in [0.4, 0.5) is 5.95 Å². The van der Waals surface area contributed by atoms with E-state index in [0.29, 0.717) is 21.6 Å². The molecule has 2 aromatic carbocycles. The number of benzene rings is 2. The summed E-state index contributed by atoms with van der Waals surface area (Å²) >= 11 is 12.1. The van der Waals surface area contributed by atoms with E-state index >= 15 is 0 Å². The van der Waals surface area contributed by atoms with E-state index in [1.165, 1.54) is 0 Å². The second-order valence-corrected chi connectivity index (χ2v) is 6.29. The van der Waals surface area contributed by atoms with E-state index in [1.807, 2.05) is 42.1 Å². The zero-order chi connectivity index (χ0) is 17.3. The first-order chi connectivity index (χ1) is 11.5. The van der Waals surface area contributed by atoms with E-state index in [4.69, 9.17) is 28.9 Å². The maximum atomic E-state index is 12.4. The van der Waals surface area contributed by atoms with Gasteiger partial charge in [-0.25, -0.2) is 9.13 Å². The second-order valence-electron chi connectivity index (χ2n) is 5.48. The highest BCUT2D eigenvalue weighted by Crippen LogP contribution is 2.28. The van der Waals surface area contributed by atoms with Gasteiger partial charge >= 0.3 is 5.95 Å². The Bertz CT molecular complexity index is 910. The molecule has 0 saturated heterocycles. The number of imidazole rings is 1. The Labute approximate surface area is 166 Å². The van der Waals surface area contributed by atoms with Crippen molar-refractivity contribution in [2.24, 2.45) is 7.05 Å². The number of nitrogens with zero attached hydrogens (tertiary/aromatic N) is 2. The molecular formula is C18H16BrCl2N3O. The summed E-state index contributed by atoms with van der Waals surface area (Å²) in [4.78, 5) is 12.4. The lowest BCUT2D eigenvalue weighted by Gasteiger charge is -2.01. The number of Topliss-reactive ketones (excluding diaryl/α,β-unsaturated/α-hetero) is 1. The number of hydrogen-bond donors (Lipinski definition) is 1. The van der Waals surface area contributed by atoms with Crippen LogP contribution in [0, 0.1) is 0 Å². The van der Waals surface area contributed by atoms with Crippen molar-refractivity contribution >= 4 is 34.9 Å². The number of aromatic nitrogens is 2. The predicted molar refractivity (Wildman–Crippen MR) is 96.2 cm³/mol. The minimum atomic E-state index is -0.00131. The van der Waals surface area contributed by atoms with Crippen molar-refractivity contribution < 1.29 is 26.3 Å². The van der Waals surface area contributed by atoms with Gasteiger partial charge in [-0.1, -0.05) is 53.5 Å². The lowest BCUT2D eigenvalue weighted by Crippen LogP contribution is -3.00. The Hall–Kier alpha value is -1.82. The Balaban J connectivity index is 0.00000225. The van der Waals surface area contributed by atoms with Gasteiger partial charge < -0.3 is 17.0 Å². The highest BCUT2D eigenvalue weighted by Gasteiger charge is 2.20. The van der Waals surface area contributed by atoms with Crippen LogP contribution in [0.3, 0.4) is 0 Å². The number of carbonyl (C=O) groups is 1. The van der Waals surface area contributed by atoms with Crippen molar-refractivity contribution in [3.63, 3.8) is 0 Å². The van der Waals surface area contributed by atoms with Crippen LogP contribution in [0.15, 0.2) is 54.7 Å². The van der Waals surface area contributed by atoms with Gasteiger partial charge in [0.05, 0.1) is 17.1 Å². The Morgan fingerprint density at radius 1 is 1.12 bits per heavy atom. The van der Waals surface area contributed by atoms with Crippen molar-refractivity contribution in [1.82, 2.24) is 4.57 Å². The van der Waals surface area contributed by atoms with E-state index in [-0.39, 0.29) is 29.3 Å². The van der Waals surface area contributed by atoms with Crippen molar-refractivity contribution in [2.75, 3.05) is 5.73 Å². The lowest BCUT2D eigenvalue weighted by atomic mass is 10.1. The summed E-state index contributed by atoms with van der Waals surface area (Å²) in [5, 5.41) is 0.968. The molecule has 130 valence electrons. The van der Waals surface area contributed by atoms with Gasteiger partial charge in [0.25, 0.3) is 0 Å². The summed E-state index contributed by atoms with van der Waals surface area (Å²) in [7, 11) is 1.84. The normalized spacial score (nSPS) is 10.4. The summed E-state index contributed by atoms with van der Waals surface area (Å²) in [6.45, 7) is 0.172. The van der Waals surface area contributed by atoms with Crippen molar-refractivity contribution in [2.45, 2.75) is 6.54 Å². The molecule has 0 aliphatic rings. The van der Waals surface area contributed by atoms with Gasteiger partial charge in [-0.15, -0.1) is 0 Å². The average molecular weight is 441 g/mol. The zero-order valence-corrected chi connectivity index (χ0v) is 16.5. The molecule has 25 heavy (non-hydrogen) atoms. The van der Waals surface area contributed by atoms with Gasteiger partial charge in [0.1, 0.15) is 18.4 Å². The Morgan fingerprint density at radius 3 is 2.44 bits per heavy atom. The monoisotopic (exact) mass is 439 g/mol. The molecule has 1 heterocycles. The molecule has 0 aliphatic carbocycles. The van der Waals surface area contributed by atoms with E-state index in [0.717, 1.165) is 11.3 Å². The number of ketones is 1. The van der Waals surface area contributed by atoms with E-state index in [2.05, 4.69) is 0 Å². The van der Waals surface area contributed by atoms with E-state index in [9.17, 15) is 4.79 Å². The number of halogens is 3. The molecule has 0 radical (unpaired) electrons. The molecule has 4 nitrogen and oxygen atoms in total. The molecular weight excluding hydrogens is 425 g/mol. The standard InChI is InChI=1S/C18H15Cl2N3O.BrH/c1-22-16(13-7-8-14(19)15(20)9-13)10-23(18(22)21)11-17(24)12-5-3-2-4-6-12;/h2-10,21H,11H2,1H3;1H. The lowest BCUT2D eigenvalue weighted by molar-refractivity contribution is -0.667. The molecule has 1 aromatic heterocycles. The van der Waals surface area contributed by atoms with Crippen LogP contribution < -0.4 is 27.3 Å². The molecule has 2 N–H and O–H groups in total. The first-order valence-electron chi connectivity index (χ1n) is 7.35. The highest BCUT2D eigenvalue weighted by molar-refractivity contribution is 6.42. The molecule has 0 atom stereocenters. The molecule has 0 amide bonds. The Kier molecular flexibility index (Phi) is 6.27. The van der Waals surface area contributed by atoms with Gasteiger partial charge in [-0.3, -0.25) is 10.5 Å². The summed E-state index contributed by atoms with van der Waals surface area (Å²) in [6.07, 6.45) is 1.84. The van der Waals surface area contributed by atoms with E-state index < -0.39 is 0 Å². The topological polar surface area (TPSA) is 51.9 Å². The molecule has 0 saturated carbocycles. The van der Waals surface area contributed by atoms with Gasteiger partial charge in [0.2, 0.25) is 0 Å². The first kappa shape index (κ1) is 19.5. The molecule has 3 aromatic rings. The van der Waals surface area contributed by atoms with E-state index in [1.54, 1.807) is 28.8 Å². The fourth-order valence-corrected chi connectivity index (χ4v) is 2.83. The van der Waals surface area contributed by atoms with Crippen LogP contribution in [0.5, 0.6) is 0 Å². The first-order valence-corrected chi connectivity index (χ1v) is 8.11. The maximum absolute atomic E-state index is 12.4. The zero-order valence-electron chi connectivity index (χ0n) is 13.4. The number of hydrogen-bond acceptors (Lipinski definition) is 2. The van der Waals surface area contributed by atoms with Crippen molar-refractivity contribution in [3.05, 3.63) is 70.3 Å². The van der Waals surface area contributed by atoms with Crippen LogP contribution >= 0.6 is 23.2 Å². The third-order valence-corrected chi connectivity index (χ3v) is 4.64. The molecule has 0 bridgehead atoms. The largest absolute Gasteiger partial charge is 1.00 e. The van der Waals surface area contributed by atoms with Crippen molar-refractivity contribution in [1.29, 1.82) is 0 Å². The maximum Gasteiger partial charge on any atom is 0.355 e. The number of carbonyl (C=O) groups excluding carboxylic acids is 1. The molecule has 0 unspecified atom stereocenters. The average Bonchev–Trinajstić information content (AvgIpc) is 2.86. The van der Waals surface area contributed by atoms with Gasteiger partial charge in [-0.05, 0) is 18.2 Å². The number of anilines is 1. The van der Waals surface area contributed by atoms with Gasteiger partial charge in [-0.2, -0.15) is 0 Å². The number of nitrogens with two attached hydrogens (primary N) is 1. The fraction of sp³-hybridized carbons (Fsp3) is 0.111. The molecule has 0 spiro atoms. The third-order valence-electron chi connectivity index (χ3n) is 3.90. The summed E-state index contributed by atoms with van der Waals surface area (Å²) in [5.74, 6) is 0.485. The number of nitrogen functional groups attached to an aromatic ring is 1. The predicted octanol–water partition coefficient (Wildman–Crippen LogP) is 0.755. The summed E-state index contributed by atoms with van der Waals surface area (Å²) in [5.41, 5.74) is 8.54. The second kappa shape index (κ2) is 8.04. The number of rotatable bonds is 4. The molecule has 3 rings (SSSR count). The van der Waals surface area contributed by atoms with Crippen LogP contribution in [0.2, 0.25) is 10.0 Å². The SMILES string of the molecule is Cn1c(-c2ccc(Cl)c(Cl)c2)c[n+](CC(=O)c2ccccc2)c1N.[Br-]. The molecule has 7 heteroatoms. The quantitative estimate of drug-likeness (QED) is 0.481. The van der Waals surface area contributed by atoms with Crippen LogP contribution in [-0.2, 0) is 13.6 Å². The van der Waals surface area contributed by atoms with Crippen LogP contribution in [0.25, 0.3) is 11.3 Å². The van der Waals surface area contributed by atoms with Crippen LogP contribution in [0.1, 0.15) is 10.4 Å². The fourth-order valence-electron chi connectivity index (χ4n) is 2.54. The molecule has 0 aliphatic heterocycles. The Morgan fingerprint density at radius 2 is 1.80 bits per heavy atom. The highest BCUT2D eigenvalue weighted by atomic mass is 79.9. The van der Waals surface area contributed by atoms with Crippen molar-refractivity contribution in [3.8, 4) is 11.3 Å². The third kappa shape index (κ3) is 4.06. The summed E-state index contributed by atoms with van der Waals surface area (Å²) in [6, 6.07) is 14.5. The van der Waals surface area contributed by atoms with Gasteiger partial charge in [0, 0.05) is 11.1 Å². The molecule has 0 fully saturated rings. The minimum Gasteiger partial charge on any atom is -1.00 e. The summed E-state index contributed by atoms with van der Waals surface area (Å²) < 4.78 is 3.55.